The molecule has 2 aromatic rings. The predicted molar refractivity (Wildman–Crippen MR) is 80.5 cm³/mol. The molecule has 0 bridgehead atoms. The summed E-state index contributed by atoms with van der Waals surface area (Å²) in [4.78, 5) is 5.90. The highest BCUT2D eigenvalue weighted by Gasteiger charge is 2.32. The molecule has 0 saturated carbocycles. The normalized spacial score (nSPS) is 12.0. The van der Waals surface area contributed by atoms with Gasteiger partial charge in [-0.1, -0.05) is 11.3 Å². The van der Waals surface area contributed by atoms with Gasteiger partial charge in [0.05, 0.1) is 5.56 Å². The van der Waals surface area contributed by atoms with Gasteiger partial charge in [0.1, 0.15) is 16.5 Å². The van der Waals surface area contributed by atoms with Crippen LogP contribution >= 0.6 is 11.3 Å². The Morgan fingerprint density at radius 3 is 2.41 bits per heavy atom. The van der Waals surface area contributed by atoms with Crippen molar-refractivity contribution in [2.24, 2.45) is 0 Å². The first-order valence-electron chi connectivity index (χ1n) is 6.47. The average Bonchev–Trinajstić information content (AvgIpc) is 2.78. The van der Waals surface area contributed by atoms with E-state index >= 15 is 0 Å². The highest BCUT2D eigenvalue weighted by atomic mass is 32.1. The molecule has 0 saturated heterocycles. The Morgan fingerprint density at radius 2 is 1.86 bits per heavy atom. The molecule has 1 heterocycles. The van der Waals surface area contributed by atoms with E-state index in [9.17, 15) is 17.6 Å². The van der Waals surface area contributed by atoms with Crippen LogP contribution in [-0.2, 0) is 6.18 Å². The van der Waals surface area contributed by atoms with Crippen LogP contribution in [0.3, 0.4) is 0 Å². The number of aromatic nitrogens is 1. The Morgan fingerprint density at radius 1 is 1.23 bits per heavy atom. The standard InChI is InChI=1S/C14H15F4N3S/c1-7(2)21(3)12-11(20-13(19)22-12)8-4-9(14(16,17)18)6-10(15)5-8/h4-7H,1-3H3,(H2,19,20). The lowest BCUT2D eigenvalue weighted by molar-refractivity contribution is -0.137. The van der Waals surface area contributed by atoms with Gasteiger partial charge in [0.25, 0.3) is 0 Å². The number of halogens is 4. The van der Waals surface area contributed by atoms with E-state index in [0.29, 0.717) is 11.1 Å². The van der Waals surface area contributed by atoms with E-state index in [0.717, 1.165) is 23.5 Å². The van der Waals surface area contributed by atoms with Crippen molar-refractivity contribution < 1.29 is 17.6 Å². The van der Waals surface area contributed by atoms with Gasteiger partial charge in [-0.25, -0.2) is 9.37 Å². The zero-order chi connectivity index (χ0) is 16.7. The number of rotatable bonds is 3. The number of benzene rings is 1. The molecule has 2 N–H and O–H groups in total. The predicted octanol–water partition coefficient (Wildman–Crippen LogP) is 4.39. The number of nitrogen functional groups attached to an aromatic ring is 1. The van der Waals surface area contributed by atoms with E-state index in [1.807, 2.05) is 18.7 Å². The van der Waals surface area contributed by atoms with Crippen LogP contribution in [0.25, 0.3) is 11.3 Å². The average molecular weight is 333 g/mol. The van der Waals surface area contributed by atoms with Gasteiger partial charge in [-0.05, 0) is 32.0 Å². The second-order valence-electron chi connectivity index (χ2n) is 5.14. The number of nitrogens with zero attached hydrogens (tertiary/aromatic N) is 2. The second kappa shape index (κ2) is 5.75. The second-order valence-corrected chi connectivity index (χ2v) is 6.15. The Bertz CT molecular complexity index is 679. The van der Waals surface area contributed by atoms with Crippen molar-refractivity contribution in [1.29, 1.82) is 0 Å². The minimum Gasteiger partial charge on any atom is -0.375 e. The molecule has 8 heteroatoms. The number of thiazole rings is 1. The third-order valence-electron chi connectivity index (χ3n) is 3.22. The third kappa shape index (κ3) is 3.32. The number of nitrogens with two attached hydrogens (primary N) is 1. The first kappa shape index (κ1) is 16.5. The maximum atomic E-state index is 13.6. The fourth-order valence-corrected chi connectivity index (χ4v) is 2.83. The molecule has 3 nitrogen and oxygen atoms in total. The van der Waals surface area contributed by atoms with Gasteiger partial charge in [-0.2, -0.15) is 13.2 Å². The molecule has 0 unspecified atom stereocenters. The van der Waals surface area contributed by atoms with Crippen LogP contribution in [-0.4, -0.2) is 18.1 Å². The monoisotopic (exact) mass is 333 g/mol. The largest absolute Gasteiger partial charge is 0.416 e. The van der Waals surface area contributed by atoms with Crippen molar-refractivity contribution in [2.45, 2.75) is 26.1 Å². The van der Waals surface area contributed by atoms with Crippen molar-refractivity contribution in [3.8, 4) is 11.3 Å². The van der Waals surface area contributed by atoms with Gasteiger partial charge in [0, 0.05) is 18.7 Å². The first-order chi connectivity index (χ1) is 10.1. The molecule has 0 radical (unpaired) electrons. The molecule has 0 atom stereocenters. The van der Waals surface area contributed by atoms with Crippen LogP contribution in [0.2, 0.25) is 0 Å². The molecule has 0 aliphatic heterocycles. The summed E-state index contributed by atoms with van der Waals surface area (Å²) in [5.74, 6) is -0.963. The quantitative estimate of drug-likeness (QED) is 0.847. The molecular weight excluding hydrogens is 318 g/mol. The molecule has 22 heavy (non-hydrogen) atoms. The maximum Gasteiger partial charge on any atom is 0.416 e. The SMILES string of the molecule is CC(C)N(C)c1sc(N)nc1-c1cc(F)cc(C(F)(F)F)c1. The van der Waals surface area contributed by atoms with Crippen LogP contribution in [0.4, 0.5) is 27.7 Å². The Hall–Kier alpha value is -1.83. The summed E-state index contributed by atoms with van der Waals surface area (Å²) in [6.45, 7) is 3.85. The third-order valence-corrected chi connectivity index (χ3v) is 4.19. The Balaban J connectivity index is 2.60. The molecule has 0 spiro atoms. The molecule has 0 aliphatic carbocycles. The zero-order valence-corrected chi connectivity index (χ0v) is 13.0. The molecule has 1 aromatic carbocycles. The highest BCUT2D eigenvalue weighted by Crippen LogP contribution is 2.40. The van der Waals surface area contributed by atoms with E-state index in [2.05, 4.69) is 4.98 Å². The fraction of sp³-hybridized carbons (Fsp3) is 0.357. The summed E-state index contributed by atoms with van der Waals surface area (Å²) >= 11 is 1.15. The zero-order valence-electron chi connectivity index (χ0n) is 12.2. The van der Waals surface area contributed by atoms with Gasteiger partial charge in [0.15, 0.2) is 5.13 Å². The molecule has 120 valence electrons. The van der Waals surface area contributed by atoms with E-state index < -0.39 is 17.6 Å². The van der Waals surface area contributed by atoms with Crippen molar-refractivity contribution in [3.63, 3.8) is 0 Å². The molecule has 2 rings (SSSR count). The minimum atomic E-state index is -4.62. The van der Waals surface area contributed by atoms with Crippen LogP contribution in [0.15, 0.2) is 18.2 Å². The molecule has 0 fully saturated rings. The van der Waals surface area contributed by atoms with Gasteiger partial charge >= 0.3 is 6.18 Å². The summed E-state index contributed by atoms with van der Waals surface area (Å²) < 4.78 is 52.1. The fourth-order valence-electron chi connectivity index (χ4n) is 1.88. The first-order valence-corrected chi connectivity index (χ1v) is 7.28. The van der Waals surface area contributed by atoms with Crippen molar-refractivity contribution in [1.82, 2.24) is 4.98 Å². The summed E-state index contributed by atoms with van der Waals surface area (Å²) in [7, 11) is 1.78. The van der Waals surface area contributed by atoms with Gasteiger partial charge in [0.2, 0.25) is 0 Å². The summed E-state index contributed by atoms with van der Waals surface area (Å²) in [5, 5.41) is 0.821. The Labute approximate surface area is 129 Å². The van der Waals surface area contributed by atoms with Crippen molar-refractivity contribution >= 4 is 21.5 Å². The van der Waals surface area contributed by atoms with E-state index in [-0.39, 0.29) is 22.4 Å². The van der Waals surface area contributed by atoms with Crippen LogP contribution in [0.1, 0.15) is 19.4 Å². The number of alkyl halides is 3. The molecule has 0 amide bonds. The molecule has 0 aliphatic rings. The van der Waals surface area contributed by atoms with Crippen LogP contribution in [0.5, 0.6) is 0 Å². The van der Waals surface area contributed by atoms with Gasteiger partial charge in [-0.3, -0.25) is 0 Å². The van der Waals surface area contributed by atoms with Gasteiger partial charge in [-0.15, -0.1) is 0 Å². The number of hydrogen-bond donors (Lipinski definition) is 1. The molecular formula is C14H15F4N3S. The van der Waals surface area contributed by atoms with Crippen molar-refractivity contribution in [3.05, 3.63) is 29.6 Å². The number of anilines is 2. The van der Waals surface area contributed by atoms with Crippen LogP contribution in [0, 0.1) is 5.82 Å². The van der Waals surface area contributed by atoms with Gasteiger partial charge < -0.3 is 10.6 Å². The molecule has 1 aromatic heterocycles. The number of hydrogen-bond acceptors (Lipinski definition) is 4. The minimum absolute atomic E-state index is 0.0581. The topological polar surface area (TPSA) is 42.1 Å². The smallest absolute Gasteiger partial charge is 0.375 e. The highest BCUT2D eigenvalue weighted by molar-refractivity contribution is 7.19. The summed E-state index contributed by atoms with van der Waals surface area (Å²) in [6, 6.07) is 2.47. The summed E-state index contributed by atoms with van der Waals surface area (Å²) in [6.07, 6.45) is -4.62. The van der Waals surface area contributed by atoms with E-state index in [1.165, 1.54) is 0 Å². The van der Waals surface area contributed by atoms with E-state index in [4.69, 9.17) is 5.73 Å². The lowest BCUT2D eigenvalue weighted by atomic mass is 10.1. The van der Waals surface area contributed by atoms with Crippen LogP contribution < -0.4 is 10.6 Å². The maximum absolute atomic E-state index is 13.6. The van der Waals surface area contributed by atoms with E-state index in [1.54, 1.807) is 7.05 Å². The Kier molecular flexibility index (Phi) is 4.32. The summed E-state index contributed by atoms with van der Waals surface area (Å²) in [5.41, 5.74) is 4.94. The lowest BCUT2D eigenvalue weighted by Crippen LogP contribution is -2.25. The lowest BCUT2D eigenvalue weighted by Gasteiger charge is -2.22. The van der Waals surface area contributed by atoms with Crippen molar-refractivity contribution in [2.75, 3.05) is 17.7 Å².